The monoisotopic (exact) mass is 273 g/mol. The standard InChI is InChI=1S/C16H19NO3/c1-4-6-10-7-12-14(13(8-10)16(19)20)17-9(3)11(5-2)15(12)18/h7-8H,4-6H2,1-3H3,(H,17,18)(H,19,20). The van der Waals surface area contributed by atoms with Gasteiger partial charge in [-0.05, 0) is 37.5 Å². The number of benzene rings is 1. The molecule has 0 atom stereocenters. The Bertz CT molecular complexity index is 729. The number of rotatable bonds is 4. The van der Waals surface area contributed by atoms with Gasteiger partial charge in [-0.1, -0.05) is 20.3 Å². The topological polar surface area (TPSA) is 70.2 Å². The third kappa shape index (κ3) is 2.33. The summed E-state index contributed by atoms with van der Waals surface area (Å²) in [5.41, 5.74) is 2.91. The number of H-pyrrole nitrogens is 1. The van der Waals surface area contributed by atoms with Gasteiger partial charge in [0.15, 0.2) is 5.43 Å². The Morgan fingerprint density at radius 1 is 1.30 bits per heavy atom. The number of aromatic amines is 1. The SMILES string of the molecule is CCCc1cc(C(=O)O)c2[nH]c(C)c(CC)c(=O)c2c1. The van der Waals surface area contributed by atoms with Gasteiger partial charge in [0.2, 0.25) is 0 Å². The van der Waals surface area contributed by atoms with Crippen molar-refractivity contribution < 1.29 is 9.90 Å². The Morgan fingerprint density at radius 2 is 2.00 bits per heavy atom. The number of aromatic carboxylic acids is 1. The van der Waals surface area contributed by atoms with Crippen molar-refractivity contribution >= 4 is 16.9 Å². The Labute approximate surface area is 117 Å². The minimum atomic E-state index is -1.01. The number of aromatic nitrogens is 1. The third-order valence-corrected chi connectivity index (χ3v) is 3.60. The average molecular weight is 273 g/mol. The second kappa shape index (κ2) is 5.49. The number of carboxylic acids is 1. The number of nitrogens with one attached hydrogen (secondary N) is 1. The van der Waals surface area contributed by atoms with E-state index in [1.54, 1.807) is 6.07 Å². The molecule has 0 saturated carbocycles. The van der Waals surface area contributed by atoms with Crippen LogP contribution in [0, 0.1) is 6.92 Å². The molecule has 0 aliphatic rings. The van der Waals surface area contributed by atoms with Crippen LogP contribution in [0.15, 0.2) is 16.9 Å². The molecule has 1 heterocycles. The van der Waals surface area contributed by atoms with Crippen molar-refractivity contribution in [2.24, 2.45) is 0 Å². The first-order chi connectivity index (χ1) is 9.49. The average Bonchev–Trinajstić information content (AvgIpc) is 2.39. The highest BCUT2D eigenvalue weighted by Crippen LogP contribution is 2.20. The van der Waals surface area contributed by atoms with E-state index in [0.29, 0.717) is 17.3 Å². The second-order valence-electron chi connectivity index (χ2n) is 5.03. The summed E-state index contributed by atoms with van der Waals surface area (Å²) in [4.78, 5) is 27.0. The summed E-state index contributed by atoms with van der Waals surface area (Å²) in [5.74, 6) is -1.01. The highest BCUT2D eigenvalue weighted by molar-refractivity contribution is 6.02. The van der Waals surface area contributed by atoms with Gasteiger partial charge in [-0.25, -0.2) is 4.79 Å². The fraction of sp³-hybridized carbons (Fsp3) is 0.375. The fourth-order valence-corrected chi connectivity index (χ4v) is 2.64. The number of hydrogen-bond acceptors (Lipinski definition) is 2. The van der Waals surface area contributed by atoms with Crippen molar-refractivity contribution in [3.05, 3.63) is 44.7 Å². The molecule has 2 N–H and O–H groups in total. The molecule has 1 aromatic heterocycles. The summed E-state index contributed by atoms with van der Waals surface area (Å²) < 4.78 is 0. The number of hydrogen-bond donors (Lipinski definition) is 2. The van der Waals surface area contributed by atoms with E-state index in [-0.39, 0.29) is 11.0 Å². The van der Waals surface area contributed by atoms with Crippen molar-refractivity contribution in [1.29, 1.82) is 0 Å². The molecule has 1 aromatic carbocycles. The zero-order valence-electron chi connectivity index (χ0n) is 12.0. The van der Waals surface area contributed by atoms with Gasteiger partial charge in [0.25, 0.3) is 0 Å². The number of carbonyl (C=O) groups is 1. The van der Waals surface area contributed by atoms with Crippen molar-refractivity contribution in [3.63, 3.8) is 0 Å². The molecule has 0 amide bonds. The Hall–Kier alpha value is -2.10. The Kier molecular flexibility index (Phi) is 3.93. The smallest absolute Gasteiger partial charge is 0.337 e. The Morgan fingerprint density at radius 3 is 2.55 bits per heavy atom. The number of carboxylic acid groups (broad SMARTS) is 1. The minimum absolute atomic E-state index is 0.0563. The van der Waals surface area contributed by atoms with Crippen molar-refractivity contribution in [1.82, 2.24) is 4.98 Å². The molecule has 0 radical (unpaired) electrons. The molecule has 0 aliphatic carbocycles. The van der Waals surface area contributed by atoms with Crippen LogP contribution in [0.2, 0.25) is 0 Å². The number of aryl methyl sites for hydroxylation is 2. The van der Waals surface area contributed by atoms with Crippen LogP contribution in [0.25, 0.3) is 10.9 Å². The molecule has 0 fully saturated rings. The van der Waals surface area contributed by atoms with Crippen molar-refractivity contribution in [2.45, 2.75) is 40.0 Å². The molecular formula is C16H19NO3. The largest absolute Gasteiger partial charge is 0.478 e. The van der Waals surface area contributed by atoms with E-state index < -0.39 is 5.97 Å². The van der Waals surface area contributed by atoms with Gasteiger partial charge < -0.3 is 10.1 Å². The van der Waals surface area contributed by atoms with Crippen LogP contribution in [-0.2, 0) is 12.8 Å². The van der Waals surface area contributed by atoms with E-state index >= 15 is 0 Å². The molecule has 2 rings (SSSR count). The summed E-state index contributed by atoms with van der Waals surface area (Å²) in [6, 6.07) is 3.48. The summed E-state index contributed by atoms with van der Waals surface area (Å²) in [6.45, 7) is 5.77. The van der Waals surface area contributed by atoms with Gasteiger partial charge in [0.1, 0.15) is 0 Å². The maximum Gasteiger partial charge on any atom is 0.337 e. The zero-order chi connectivity index (χ0) is 14.9. The lowest BCUT2D eigenvalue weighted by atomic mass is 9.99. The van der Waals surface area contributed by atoms with Gasteiger partial charge in [-0.2, -0.15) is 0 Å². The van der Waals surface area contributed by atoms with Crippen molar-refractivity contribution in [3.8, 4) is 0 Å². The first kappa shape index (κ1) is 14.3. The van der Waals surface area contributed by atoms with Gasteiger partial charge >= 0.3 is 5.97 Å². The predicted molar refractivity (Wildman–Crippen MR) is 79.6 cm³/mol. The number of fused-ring (bicyclic) bond motifs is 1. The van der Waals surface area contributed by atoms with Crippen LogP contribution in [0.3, 0.4) is 0 Å². The third-order valence-electron chi connectivity index (χ3n) is 3.60. The molecule has 106 valence electrons. The van der Waals surface area contributed by atoms with Crippen LogP contribution in [-0.4, -0.2) is 16.1 Å². The molecular weight excluding hydrogens is 254 g/mol. The van der Waals surface area contributed by atoms with E-state index in [9.17, 15) is 14.7 Å². The van der Waals surface area contributed by atoms with Crippen LogP contribution in [0.5, 0.6) is 0 Å². The molecule has 20 heavy (non-hydrogen) atoms. The van der Waals surface area contributed by atoms with Crippen LogP contribution in [0.4, 0.5) is 0 Å². The highest BCUT2D eigenvalue weighted by Gasteiger charge is 2.15. The molecule has 0 saturated heterocycles. The van der Waals surface area contributed by atoms with Crippen LogP contribution < -0.4 is 5.43 Å². The van der Waals surface area contributed by atoms with Crippen LogP contribution in [0.1, 0.15) is 47.4 Å². The molecule has 4 nitrogen and oxygen atoms in total. The lowest BCUT2D eigenvalue weighted by Crippen LogP contribution is -2.15. The summed E-state index contributed by atoms with van der Waals surface area (Å²) in [5, 5.41) is 9.84. The van der Waals surface area contributed by atoms with Gasteiger partial charge in [-0.15, -0.1) is 0 Å². The molecule has 0 bridgehead atoms. The normalized spacial score (nSPS) is 10.9. The second-order valence-corrected chi connectivity index (χ2v) is 5.03. The highest BCUT2D eigenvalue weighted by atomic mass is 16.4. The molecule has 2 aromatic rings. The molecule has 4 heteroatoms. The van der Waals surface area contributed by atoms with E-state index in [2.05, 4.69) is 4.98 Å². The lowest BCUT2D eigenvalue weighted by Gasteiger charge is -2.10. The molecule has 0 spiro atoms. The number of pyridine rings is 1. The fourth-order valence-electron chi connectivity index (χ4n) is 2.64. The predicted octanol–water partition coefficient (Wildman–Crippen LogP) is 3.05. The summed E-state index contributed by atoms with van der Waals surface area (Å²) in [6.07, 6.45) is 2.32. The zero-order valence-corrected chi connectivity index (χ0v) is 12.0. The first-order valence-electron chi connectivity index (χ1n) is 6.91. The summed E-state index contributed by atoms with van der Waals surface area (Å²) >= 11 is 0. The molecule has 0 unspecified atom stereocenters. The first-order valence-corrected chi connectivity index (χ1v) is 6.91. The van der Waals surface area contributed by atoms with Crippen molar-refractivity contribution in [2.75, 3.05) is 0 Å². The maximum absolute atomic E-state index is 12.5. The lowest BCUT2D eigenvalue weighted by molar-refractivity contribution is 0.0698. The van der Waals surface area contributed by atoms with Gasteiger partial charge in [0.05, 0.1) is 11.1 Å². The van der Waals surface area contributed by atoms with E-state index in [4.69, 9.17) is 0 Å². The minimum Gasteiger partial charge on any atom is -0.478 e. The van der Waals surface area contributed by atoms with Gasteiger partial charge in [0, 0.05) is 16.6 Å². The maximum atomic E-state index is 12.5. The quantitative estimate of drug-likeness (QED) is 0.899. The van der Waals surface area contributed by atoms with Crippen LogP contribution >= 0.6 is 0 Å². The molecule has 0 aliphatic heterocycles. The Balaban J connectivity index is 2.90. The van der Waals surface area contributed by atoms with E-state index in [0.717, 1.165) is 29.7 Å². The van der Waals surface area contributed by atoms with E-state index in [1.165, 1.54) is 0 Å². The van der Waals surface area contributed by atoms with E-state index in [1.807, 2.05) is 26.8 Å². The summed E-state index contributed by atoms with van der Waals surface area (Å²) in [7, 11) is 0. The van der Waals surface area contributed by atoms with Gasteiger partial charge in [-0.3, -0.25) is 4.79 Å².